The van der Waals surface area contributed by atoms with E-state index < -0.39 is 17.8 Å². The molecule has 31 heavy (non-hydrogen) atoms. The average molecular weight is 419 g/mol. The lowest BCUT2D eigenvalue weighted by Gasteiger charge is -2.54. The molecule has 1 fully saturated rings. The highest BCUT2D eigenvalue weighted by atomic mass is 19.1. The van der Waals surface area contributed by atoms with Crippen molar-refractivity contribution in [3.8, 4) is 5.75 Å². The summed E-state index contributed by atoms with van der Waals surface area (Å²) in [4.78, 5) is 14.5. The molecule has 1 unspecified atom stereocenters. The number of ether oxygens (including phenoxy) is 2. The highest BCUT2D eigenvalue weighted by molar-refractivity contribution is 5.71. The molecular formula is C26H26FNO3. The third kappa shape index (κ3) is 4.55. The molecule has 4 rings (SSSR count). The van der Waals surface area contributed by atoms with Gasteiger partial charge in [-0.15, -0.1) is 0 Å². The van der Waals surface area contributed by atoms with Crippen molar-refractivity contribution in [3.63, 3.8) is 0 Å². The molecule has 3 aromatic carbocycles. The number of rotatable bonds is 7. The maximum absolute atomic E-state index is 15.3. The number of amides is 1. The first kappa shape index (κ1) is 20.9. The molecular weight excluding hydrogens is 393 g/mol. The van der Waals surface area contributed by atoms with Gasteiger partial charge in [0.15, 0.2) is 0 Å². The minimum Gasteiger partial charge on any atom is -0.497 e. The third-order valence-corrected chi connectivity index (χ3v) is 5.91. The van der Waals surface area contributed by atoms with Crippen LogP contribution in [0, 0.1) is 0 Å². The van der Waals surface area contributed by atoms with Crippen LogP contribution in [0.15, 0.2) is 84.9 Å². The molecule has 160 valence electrons. The van der Waals surface area contributed by atoms with Crippen molar-refractivity contribution in [2.45, 2.75) is 31.2 Å². The van der Waals surface area contributed by atoms with Crippen LogP contribution < -0.4 is 4.74 Å². The van der Waals surface area contributed by atoms with Crippen LogP contribution in [0.1, 0.15) is 16.7 Å². The number of benzene rings is 3. The summed E-state index contributed by atoms with van der Waals surface area (Å²) in [7, 11) is 1.61. The molecule has 1 amide bonds. The van der Waals surface area contributed by atoms with Crippen molar-refractivity contribution in [1.82, 2.24) is 4.90 Å². The third-order valence-electron chi connectivity index (χ3n) is 5.91. The maximum atomic E-state index is 15.3. The van der Waals surface area contributed by atoms with E-state index >= 15 is 4.39 Å². The van der Waals surface area contributed by atoms with Gasteiger partial charge in [0.1, 0.15) is 18.5 Å². The van der Waals surface area contributed by atoms with Crippen molar-refractivity contribution < 1.29 is 18.7 Å². The summed E-state index contributed by atoms with van der Waals surface area (Å²) in [6.45, 7) is 0.202. The zero-order chi connectivity index (χ0) is 21.7. The summed E-state index contributed by atoms with van der Waals surface area (Å²) in [6.07, 6.45) is -0.809. The molecule has 0 bridgehead atoms. The molecule has 4 nitrogen and oxygen atoms in total. The van der Waals surface area contributed by atoms with Crippen LogP contribution in [-0.2, 0) is 24.2 Å². The summed E-state index contributed by atoms with van der Waals surface area (Å²) in [5.74, 6) is 0.741. The van der Waals surface area contributed by atoms with Crippen LogP contribution in [0.5, 0.6) is 5.75 Å². The fourth-order valence-corrected chi connectivity index (χ4v) is 4.14. The van der Waals surface area contributed by atoms with E-state index in [0.29, 0.717) is 12.8 Å². The summed E-state index contributed by atoms with van der Waals surface area (Å²) in [6, 6.07) is 26.8. The van der Waals surface area contributed by atoms with E-state index in [0.717, 1.165) is 22.4 Å². The molecule has 1 saturated heterocycles. The van der Waals surface area contributed by atoms with E-state index in [-0.39, 0.29) is 13.2 Å². The Morgan fingerprint density at radius 2 is 1.45 bits per heavy atom. The molecule has 1 aliphatic heterocycles. The second-order valence-electron chi connectivity index (χ2n) is 7.91. The Bertz CT molecular complexity index is 994. The first-order valence-corrected chi connectivity index (χ1v) is 10.4. The van der Waals surface area contributed by atoms with E-state index in [2.05, 4.69) is 0 Å². The van der Waals surface area contributed by atoms with Gasteiger partial charge >= 0.3 is 6.09 Å². The van der Waals surface area contributed by atoms with Gasteiger partial charge in [0.05, 0.1) is 19.2 Å². The maximum Gasteiger partial charge on any atom is 0.410 e. The van der Waals surface area contributed by atoms with E-state index in [4.69, 9.17) is 9.47 Å². The van der Waals surface area contributed by atoms with Crippen LogP contribution >= 0.6 is 0 Å². The largest absolute Gasteiger partial charge is 0.497 e. The van der Waals surface area contributed by atoms with Gasteiger partial charge in [-0.25, -0.2) is 9.18 Å². The first-order chi connectivity index (χ1) is 15.1. The standard InChI is InChI=1S/C26H26FNO3/c1-30-23-14-12-21(13-15-23)17-26(16-20-8-4-2-5-9-20)24(27)18-28(26)25(29)31-19-22-10-6-3-7-11-22/h2-15,24H,16-19H2,1H3/t24?,26-/m0/s1. The zero-order valence-electron chi connectivity index (χ0n) is 17.5. The Hall–Kier alpha value is -3.34. The van der Waals surface area contributed by atoms with Gasteiger partial charge in [-0.05, 0) is 41.7 Å². The van der Waals surface area contributed by atoms with Crippen molar-refractivity contribution in [2.24, 2.45) is 0 Å². The Morgan fingerprint density at radius 3 is 2.00 bits per heavy atom. The van der Waals surface area contributed by atoms with Gasteiger partial charge in [-0.2, -0.15) is 0 Å². The van der Waals surface area contributed by atoms with E-state index in [1.165, 1.54) is 0 Å². The van der Waals surface area contributed by atoms with E-state index in [1.54, 1.807) is 12.0 Å². The second kappa shape index (κ2) is 9.21. The van der Waals surface area contributed by atoms with Gasteiger partial charge in [-0.1, -0.05) is 72.8 Å². The lowest BCUT2D eigenvalue weighted by atomic mass is 9.73. The Labute approximate surface area is 182 Å². The van der Waals surface area contributed by atoms with Crippen molar-refractivity contribution >= 4 is 6.09 Å². The fraction of sp³-hybridized carbons (Fsp3) is 0.269. The van der Waals surface area contributed by atoms with Crippen LogP contribution in [0.2, 0.25) is 0 Å². The van der Waals surface area contributed by atoms with Crippen molar-refractivity contribution in [2.75, 3.05) is 13.7 Å². The summed E-state index contributed by atoms with van der Waals surface area (Å²) < 4.78 is 26.0. The number of carbonyl (C=O) groups is 1. The molecule has 0 saturated carbocycles. The number of carbonyl (C=O) groups excluding carboxylic acids is 1. The molecule has 5 heteroatoms. The van der Waals surface area contributed by atoms with Gasteiger partial charge in [0, 0.05) is 0 Å². The number of hydrogen-bond acceptors (Lipinski definition) is 3. The molecule has 0 N–H and O–H groups in total. The molecule has 0 aliphatic carbocycles. The number of alkyl halides is 1. The quantitative estimate of drug-likeness (QED) is 0.528. The van der Waals surface area contributed by atoms with Crippen LogP contribution in [0.3, 0.4) is 0 Å². The molecule has 0 aromatic heterocycles. The number of likely N-dealkylation sites (tertiary alicyclic amines) is 1. The smallest absolute Gasteiger partial charge is 0.410 e. The van der Waals surface area contributed by atoms with Crippen LogP contribution in [0.4, 0.5) is 9.18 Å². The topological polar surface area (TPSA) is 38.8 Å². The van der Waals surface area contributed by atoms with Crippen molar-refractivity contribution in [3.05, 3.63) is 102 Å². The normalized spacial score (nSPS) is 20.1. The first-order valence-electron chi connectivity index (χ1n) is 10.4. The minimum atomic E-state index is -1.14. The zero-order valence-corrected chi connectivity index (χ0v) is 17.5. The van der Waals surface area contributed by atoms with Crippen molar-refractivity contribution in [1.29, 1.82) is 0 Å². The van der Waals surface area contributed by atoms with Crippen LogP contribution in [-0.4, -0.2) is 36.4 Å². The lowest BCUT2D eigenvalue weighted by Crippen LogP contribution is -2.72. The Kier molecular flexibility index (Phi) is 6.21. The van der Waals surface area contributed by atoms with E-state index in [1.807, 2.05) is 84.9 Å². The van der Waals surface area contributed by atoms with Gasteiger partial charge < -0.3 is 9.47 Å². The molecule has 3 aromatic rings. The summed E-state index contributed by atoms with van der Waals surface area (Å²) in [5.41, 5.74) is 1.85. The average Bonchev–Trinajstić information content (AvgIpc) is 2.82. The number of nitrogens with zero attached hydrogens (tertiary/aromatic N) is 1. The summed E-state index contributed by atoms with van der Waals surface area (Å²) in [5, 5.41) is 0. The Balaban J connectivity index is 1.57. The molecule has 0 spiro atoms. The van der Waals surface area contributed by atoms with Gasteiger partial charge in [-0.3, -0.25) is 4.90 Å². The minimum absolute atomic E-state index is 0.0383. The monoisotopic (exact) mass is 419 g/mol. The second-order valence-corrected chi connectivity index (χ2v) is 7.91. The SMILES string of the molecule is COc1ccc(C[C@@]2(Cc3ccccc3)C(F)CN2C(=O)OCc2ccccc2)cc1. The highest BCUT2D eigenvalue weighted by Gasteiger charge is 2.57. The van der Waals surface area contributed by atoms with E-state index in [9.17, 15) is 4.79 Å². The molecule has 2 atom stereocenters. The predicted octanol–water partition coefficient (Wildman–Crippen LogP) is 5.21. The molecule has 1 heterocycles. The van der Waals surface area contributed by atoms with Gasteiger partial charge in [0.25, 0.3) is 0 Å². The number of halogens is 1. The number of hydrogen-bond donors (Lipinski definition) is 0. The lowest BCUT2D eigenvalue weighted by molar-refractivity contribution is -0.0850. The van der Waals surface area contributed by atoms with Crippen LogP contribution in [0.25, 0.3) is 0 Å². The highest BCUT2D eigenvalue weighted by Crippen LogP contribution is 2.40. The fourth-order valence-electron chi connectivity index (χ4n) is 4.14. The molecule has 1 aliphatic rings. The predicted molar refractivity (Wildman–Crippen MR) is 118 cm³/mol. The number of methoxy groups -OCH3 is 1. The molecule has 0 radical (unpaired) electrons. The van der Waals surface area contributed by atoms with Gasteiger partial charge in [0.2, 0.25) is 0 Å². The Morgan fingerprint density at radius 1 is 0.903 bits per heavy atom. The summed E-state index contributed by atoms with van der Waals surface area (Å²) >= 11 is 0.